The Kier molecular flexibility index (Phi) is 6.08. The second-order valence-corrected chi connectivity index (χ2v) is 7.24. The van der Waals surface area contributed by atoms with Gasteiger partial charge in [-0.15, -0.1) is 0 Å². The van der Waals surface area contributed by atoms with Gasteiger partial charge in [-0.3, -0.25) is 9.59 Å². The molecule has 5 nitrogen and oxygen atoms in total. The van der Waals surface area contributed by atoms with Gasteiger partial charge in [0.1, 0.15) is 0 Å². The van der Waals surface area contributed by atoms with Gasteiger partial charge >= 0.3 is 5.97 Å². The normalized spacial score (nSPS) is 22.8. The number of hydrogen-bond donors (Lipinski definition) is 0. The third-order valence-electron chi connectivity index (χ3n) is 5.47. The lowest BCUT2D eigenvalue weighted by atomic mass is 10.0. The molecule has 0 spiro atoms. The van der Waals surface area contributed by atoms with Crippen LogP contribution in [0.25, 0.3) is 0 Å². The van der Waals surface area contributed by atoms with Crippen molar-refractivity contribution in [2.24, 2.45) is 11.8 Å². The van der Waals surface area contributed by atoms with E-state index >= 15 is 0 Å². The number of carbonyl (C=O) groups is 2. The highest BCUT2D eigenvalue weighted by molar-refractivity contribution is 5.81. The summed E-state index contributed by atoms with van der Waals surface area (Å²) < 4.78 is 4.61. The van der Waals surface area contributed by atoms with E-state index in [1.54, 1.807) is 0 Å². The van der Waals surface area contributed by atoms with Crippen LogP contribution in [0.5, 0.6) is 0 Å². The van der Waals surface area contributed by atoms with Gasteiger partial charge in [0.2, 0.25) is 5.91 Å². The first-order valence-corrected chi connectivity index (χ1v) is 9.26. The Hall–Kier alpha value is -1.88. The Labute approximate surface area is 149 Å². The van der Waals surface area contributed by atoms with Gasteiger partial charge in [-0.05, 0) is 36.8 Å². The van der Waals surface area contributed by atoms with Crippen molar-refractivity contribution in [3.63, 3.8) is 0 Å². The molecule has 0 aromatic heterocycles. The van der Waals surface area contributed by atoms with E-state index in [9.17, 15) is 9.59 Å². The Morgan fingerprint density at radius 3 is 2.36 bits per heavy atom. The van der Waals surface area contributed by atoms with Crippen molar-refractivity contribution in [1.29, 1.82) is 0 Å². The number of hydrogen-bond acceptors (Lipinski definition) is 4. The fraction of sp³-hybridized carbons (Fsp3) is 0.600. The Morgan fingerprint density at radius 1 is 1.04 bits per heavy atom. The van der Waals surface area contributed by atoms with Crippen molar-refractivity contribution in [2.45, 2.75) is 25.7 Å². The monoisotopic (exact) mass is 344 g/mol. The second-order valence-electron chi connectivity index (χ2n) is 7.24. The number of methoxy groups -OCH3 is 1. The van der Waals surface area contributed by atoms with Gasteiger partial charge in [-0.2, -0.15) is 0 Å². The van der Waals surface area contributed by atoms with E-state index in [0.717, 1.165) is 39.1 Å². The van der Waals surface area contributed by atoms with Gasteiger partial charge in [0.15, 0.2) is 0 Å². The zero-order valence-corrected chi connectivity index (χ0v) is 15.0. The SMILES string of the molecule is COC(=O)CCC(=O)N1CC2CN(CCCc3ccccc3)CC2C1. The molecule has 1 aromatic carbocycles. The maximum atomic E-state index is 12.2. The third kappa shape index (κ3) is 4.82. The number of amides is 1. The lowest BCUT2D eigenvalue weighted by Crippen LogP contribution is -2.33. The number of carbonyl (C=O) groups excluding carboxylic acids is 2. The van der Waals surface area contributed by atoms with Crippen molar-refractivity contribution in [2.75, 3.05) is 39.8 Å². The van der Waals surface area contributed by atoms with Crippen LogP contribution >= 0.6 is 0 Å². The van der Waals surface area contributed by atoms with Crippen molar-refractivity contribution in [1.82, 2.24) is 9.80 Å². The van der Waals surface area contributed by atoms with Gasteiger partial charge < -0.3 is 14.5 Å². The topological polar surface area (TPSA) is 49.9 Å². The highest BCUT2D eigenvalue weighted by Crippen LogP contribution is 2.31. The molecule has 2 aliphatic rings. The molecule has 0 aliphatic carbocycles. The zero-order valence-electron chi connectivity index (χ0n) is 15.0. The predicted octanol–water partition coefficient (Wildman–Crippen LogP) is 1.96. The van der Waals surface area contributed by atoms with E-state index in [2.05, 4.69) is 40.0 Å². The molecule has 1 amide bonds. The summed E-state index contributed by atoms with van der Waals surface area (Å²) in [6.07, 6.45) is 2.77. The zero-order chi connectivity index (χ0) is 17.6. The lowest BCUT2D eigenvalue weighted by molar-refractivity contribution is -0.143. The fourth-order valence-corrected chi connectivity index (χ4v) is 4.10. The third-order valence-corrected chi connectivity index (χ3v) is 5.47. The van der Waals surface area contributed by atoms with Crippen LogP contribution in [0.4, 0.5) is 0 Å². The lowest BCUT2D eigenvalue weighted by Gasteiger charge is -2.21. The van der Waals surface area contributed by atoms with E-state index in [1.807, 2.05) is 4.90 Å². The molecule has 1 aromatic rings. The van der Waals surface area contributed by atoms with E-state index in [4.69, 9.17) is 0 Å². The number of ether oxygens (including phenoxy) is 1. The molecule has 25 heavy (non-hydrogen) atoms. The molecule has 3 rings (SSSR count). The number of fused-ring (bicyclic) bond motifs is 1. The first kappa shape index (κ1) is 17.9. The van der Waals surface area contributed by atoms with E-state index in [1.165, 1.54) is 19.1 Å². The number of likely N-dealkylation sites (tertiary alicyclic amines) is 2. The van der Waals surface area contributed by atoms with Gasteiger partial charge in [0.25, 0.3) is 0 Å². The molecular formula is C20H28N2O3. The first-order chi connectivity index (χ1) is 12.2. The standard InChI is InChI=1S/C20H28N2O3/c1-25-20(24)10-9-19(23)22-14-17-12-21(13-18(17)15-22)11-5-8-16-6-3-2-4-7-16/h2-4,6-7,17-18H,5,8-15H2,1H3. The first-order valence-electron chi connectivity index (χ1n) is 9.26. The summed E-state index contributed by atoms with van der Waals surface area (Å²) >= 11 is 0. The van der Waals surface area contributed by atoms with Crippen LogP contribution in [-0.4, -0.2) is 61.5 Å². The molecule has 2 saturated heterocycles. The van der Waals surface area contributed by atoms with Crippen molar-refractivity contribution >= 4 is 11.9 Å². The molecule has 2 unspecified atom stereocenters. The molecule has 0 bridgehead atoms. The van der Waals surface area contributed by atoms with Crippen LogP contribution in [0.3, 0.4) is 0 Å². The van der Waals surface area contributed by atoms with Gasteiger partial charge in [0.05, 0.1) is 13.5 Å². The summed E-state index contributed by atoms with van der Waals surface area (Å²) in [7, 11) is 1.36. The van der Waals surface area contributed by atoms with Crippen LogP contribution in [0.1, 0.15) is 24.8 Å². The van der Waals surface area contributed by atoms with E-state index in [0.29, 0.717) is 11.8 Å². The molecule has 2 aliphatic heterocycles. The molecule has 2 heterocycles. The molecule has 0 saturated carbocycles. The molecule has 2 fully saturated rings. The Morgan fingerprint density at radius 2 is 1.72 bits per heavy atom. The molecule has 5 heteroatoms. The minimum Gasteiger partial charge on any atom is -0.469 e. The summed E-state index contributed by atoms with van der Waals surface area (Å²) in [5.41, 5.74) is 1.41. The Balaban J connectivity index is 1.36. The molecule has 136 valence electrons. The van der Waals surface area contributed by atoms with Crippen LogP contribution in [0.2, 0.25) is 0 Å². The van der Waals surface area contributed by atoms with Crippen molar-refractivity contribution in [3.8, 4) is 0 Å². The fourth-order valence-electron chi connectivity index (χ4n) is 4.10. The minimum absolute atomic E-state index is 0.0930. The number of rotatable bonds is 7. The molecular weight excluding hydrogens is 316 g/mol. The van der Waals surface area contributed by atoms with Crippen molar-refractivity contribution in [3.05, 3.63) is 35.9 Å². The van der Waals surface area contributed by atoms with E-state index in [-0.39, 0.29) is 24.7 Å². The van der Waals surface area contributed by atoms with E-state index < -0.39 is 0 Å². The van der Waals surface area contributed by atoms with Crippen LogP contribution < -0.4 is 0 Å². The van der Waals surface area contributed by atoms with Gasteiger partial charge in [0, 0.05) is 32.6 Å². The van der Waals surface area contributed by atoms with Crippen LogP contribution in [-0.2, 0) is 20.7 Å². The Bertz CT molecular complexity index is 576. The summed E-state index contributed by atoms with van der Waals surface area (Å²) in [5.74, 6) is 0.977. The van der Waals surface area contributed by atoms with Gasteiger partial charge in [-0.25, -0.2) is 0 Å². The average Bonchev–Trinajstić information content (AvgIpc) is 3.19. The maximum Gasteiger partial charge on any atom is 0.306 e. The molecule has 0 N–H and O–H groups in total. The molecule has 2 atom stereocenters. The second kappa shape index (κ2) is 8.48. The predicted molar refractivity (Wildman–Crippen MR) is 96.0 cm³/mol. The minimum atomic E-state index is -0.308. The maximum absolute atomic E-state index is 12.2. The smallest absolute Gasteiger partial charge is 0.306 e. The number of esters is 1. The number of aryl methyl sites for hydroxylation is 1. The van der Waals surface area contributed by atoms with Gasteiger partial charge in [-0.1, -0.05) is 30.3 Å². The largest absolute Gasteiger partial charge is 0.469 e. The van der Waals surface area contributed by atoms with Crippen molar-refractivity contribution < 1.29 is 14.3 Å². The molecule has 0 radical (unpaired) electrons. The van der Waals surface area contributed by atoms with Crippen LogP contribution in [0, 0.1) is 11.8 Å². The summed E-state index contributed by atoms with van der Waals surface area (Å²) in [5, 5.41) is 0. The number of benzene rings is 1. The quantitative estimate of drug-likeness (QED) is 0.710. The van der Waals surface area contributed by atoms with Crippen LogP contribution in [0.15, 0.2) is 30.3 Å². The highest BCUT2D eigenvalue weighted by atomic mass is 16.5. The summed E-state index contributed by atoms with van der Waals surface area (Å²) in [6, 6.07) is 10.6. The average molecular weight is 344 g/mol. The highest BCUT2D eigenvalue weighted by Gasteiger charge is 2.41. The summed E-state index contributed by atoms with van der Waals surface area (Å²) in [6.45, 7) is 5.03. The summed E-state index contributed by atoms with van der Waals surface area (Å²) in [4.78, 5) is 27.9. The number of nitrogens with zero attached hydrogens (tertiary/aromatic N) is 2.